The Kier molecular flexibility index (Phi) is 2.70. The molecule has 0 spiro atoms. The molecule has 0 radical (unpaired) electrons. The van der Waals surface area contributed by atoms with Crippen LogP contribution in [0.3, 0.4) is 0 Å². The highest BCUT2D eigenvalue weighted by Gasteiger charge is 2.21. The first kappa shape index (κ1) is 9.87. The fourth-order valence-corrected chi connectivity index (χ4v) is 1.99. The Hall–Kier alpha value is -0.670. The molecule has 1 aliphatic rings. The van der Waals surface area contributed by atoms with Crippen LogP contribution in [0.15, 0.2) is 12.1 Å². The Morgan fingerprint density at radius 1 is 1.36 bits per heavy atom. The molecule has 1 aliphatic heterocycles. The maximum absolute atomic E-state index is 13.5. The van der Waals surface area contributed by atoms with Gasteiger partial charge in [0.1, 0.15) is 11.6 Å². The van der Waals surface area contributed by atoms with Crippen LogP contribution in [-0.2, 0) is 0 Å². The third kappa shape index (κ3) is 1.74. The van der Waals surface area contributed by atoms with Gasteiger partial charge in [-0.15, -0.1) is 0 Å². The van der Waals surface area contributed by atoms with Gasteiger partial charge in [-0.2, -0.15) is 0 Å². The molecule has 1 aromatic carbocycles. The van der Waals surface area contributed by atoms with Gasteiger partial charge in [-0.3, -0.25) is 0 Å². The summed E-state index contributed by atoms with van der Waals surface area (Å²) in [7, 11) is 0. The molecule has 0 aromatic heterocycles. The lowest BCUT2D eigenvalue weighted by atomic mass is 10.0. The van der Waals surface area contributed by atoms with Crippen LogP contribution >= 0.6 is 11.6 Å². The molecule has 1 unspecified atom stereocenters. The van der Waals surface area contributed by atoms with Crippen molar-refractivity contribution in [3.63, 3.8) is 0 Å². The van der Waals surface area contributed by atoms with E-state index in [0.29, 0.717) is 5.56 Å². The van der Waals surface area contributed by atoms with E-state index in [1.165, 1.54) is 6.07 Å². The Bertz CT molecular complexity index is 348. The van der Waals surface area contributed by atoms with Crippen molar-refractivity contribution >= 4 is 11.6 Å². The number of hydrogen-bond donors (Lipinski definition) is 1. The summed E-state index contributed by atoms with van der Waals surface area (Å²) >= 11 is 5.55. The van der Waals surface area contributed by atoms with E-state index >= 15 is 0 Å². The second-order valence-electron chi connectivity index (χ2n) is 3.44. The highest BCUT2D eigenvalue weighted by molar-refractivity contribution is 6.30. The first-order chi connectivity index (χ1) is 6.68. The normalized spacial score (nSPS) is 21.5. The van der Waals surface area contributed by atoms with E-state index in [2.05, 4.69) is 5.32 Å². The molecule has 0 aliphatic carbocycles. The Morgan fingerprint density at radius 3 is 2.79 bits per heavy atom. The molecule has 1 aromatic rings. The molecule has 76 valence electrons. The largest absolute Gasteiger partial charge is 0.310 e. The summed E-state index contributed by atoms with van der Waals surface area (Å²) in [5, 5.41) is 2.96. The van der Waals surface area contributed by atoms with Crippen LogP contribution in [0, 0.1) is 11.6 Å². The van der Waals surface area contributed by atoms with E-state index in [1.807, 2.05) is 0 Å². The summed E-state index contributed by atoms with van der Waals surface area (Å²) in [4.78, 5) is 0. The van der Waals surface area contributed by atoms with Crippen molar-refractivity contribution in [1.29, 1.82) is 0 Å². The summed E-state index contributed by atoms with van der Waals surface area (Å²) in [5.74, 6) is -0.993. The van der Waals surface area contributed by atoms with E-state index in [9.17, 15) is 8.78 Å². The first-order valence-corrected chi connectivity index (χ1v) is 4.94. The second kappa shape index (κ2) is 3.83. The van der Waals surface area contributed by atoms with Crippen LogP contribution < -0.4 is 5.32 Å². The number of rotatable bonds is 1. The summed E-state index contributed by atoms with van der Waals surface area (Å²) in [5.41, 5.74) is 0.340. The molecule has 14 heavy (non-hydrogen) atoms. The Labute approximate surface area is 86.1 Å². The zero-order chi connectivity index (χ0) is 10.1. The van der Waals surface area contributed by atoms with E-state index in [0.717, 1.165) is 25.5 Å². The fraction of sp³-hybridized carbons (Fsp3) is 0.400. The van der Waals surface area contributed by atoms with Crippen molar-refractivity contribution in [2.75, 3.05) is 6.54 Å². The van der Waals surface area contributed by atoms with Gasteiger partial charge in [0, 0.05) is 11.6 Å². The molecule has 0 saturated carbocycles. The zero-order valence-corrected chi connectivity index (χ0v) is 8.24. The van der Waals surface area contributed by atoms with Crippen molar-refractivity contribution in [1.82, 2.24) is 5.32 Å². The lowest BCUT2D eigenvalue weighted by Gasteiger charge is -2.12. The summed E-state index contributed by atoms with van der Waals surface area (Å²) in [6.07, 6.45) is 1.81. The third-order valence-electron chi connectivity index (χ3n) is 2.46. The van der Waals surface area contributed by atoms with E-state index in [1.54, 1.807) is 0 Å². The smallest absolute Gasteiger partial charge is 0.146 e. The SMILES string of the molecule is Fc1cc(Cl)c(F)c(C2CCCN2)c1. The molecule has 2 rings (SSSR count). The zero-order valence-electron chi connectivity index (χ0n) is 7.49. The van der Waals surface area contributed by atoms with Crippen molar-refractivity contribution in [3.05, 3.63) is 34.4 Å². The van der Waals surface area contributed by atoms with Gasteiger partial charge in [0.25, 0.3) is 0 Å². The monoisotopic (exact) mass is 217 g/mol. The fourth-order valence-electron chi connectivity index (χ4n) is 1.78. The van der Waals surface area contributed by atoms with Gasteiger partial charge in [0.05, 0.1) is 5.02 Å². The molecule has 1 N–H and O–H groups in total. The van der Waals surface area contributed by atoms with E-state index < -0.39 is 11.6 Å². The van der Waals surface area contributed by atoms with E-state index in [-0.39, 0.29) is 11.1 Å². The summed E-state index contributed by atoms with van der Waals surface area (Å²) in [6.45, 7) is 0.845. The Morgan fingerprint density at radius 2 is 2.14 bits per heavy atom. The predicted octanol–water partition coefficient (Wildman–Crippen LogP) is 3.04. The lowest BCUT2D eigenvalue weighted by molar-refractivity contribution is 0.544. The van der Waals surface area contributed by atoms with Gasteiger partial charge in [-0.1, -0.05) is 11.6 Å². The number of nitrogens with one attached hydrogen (secondary N) is 1. The topological polar surface area (TPSA) is 12.0 Å². The van der Waals surface area contributed by atoms with Crippen LogP contribution in [0.5, 0.6) is 0 Å². The molecule has 1 atom stereocenters. The van der Waals surface area contributed by atoms with Crippen molar-refractivity contribution in [3.8, 4) is 0 Å². The number of halogens is 3. The summed E-state index contributed by atoms with van der Waals surface area (Å²) < 4.78 is 26.5. The van der Waals surface area contributed by atoms with E-state index in [4.69, 9.17) is 11.6 Å². The van der Waals surface area contributed by atoms with Gasteiger partial charge in [0.2, 0.25) is 0 Å². The van der Waals surface area contributed by atoms with Crippen molar-refractivity contribution in [2.45, 2.75) is 18.9 Å². The Balaban J connectivity index is 2.40. The van der Waals surface area contributed by atoms with Gasteiger partial charge in [0.15, 0.2) is 0 Å². The first-order valence-electron chi connectivity index (χ1n) is 4.56. The minimum atomic E-state index is -0.507. The molecule has 1 fully saturated rings. The third-order valence-corrected chi connectivity index (χ3v) is 2.73. The number of hydrogen-bond acceptors (Lipinski definition) is 1. The summed E-state index contributed by atoms with van der Waals surface area (Å²) in [6, 6.07) is 2.11. The molecule has 1 saturated heterocycles. The highest BCUT2D eigenvalue weighted by atomic mass is 35.5. The van der Waals surface area contributed by atoms with Gasteiger partial charge in [-0.05, 0) is 31.5 Å². The van der Waals surface area contributed by atoms with Crippen LogP contribution in [0.25, 0.3) is 0 Å². The van der Waals surface area contributed by atoms with Crippen LogP contribution in [0.1, 0.15) is 24.4 Å². The molecular weight excluding hydrogens is 208 g/mol. The molecule has 4 heteroatoms. The maximum atomic E-state index is 13.5. The minimum Gasteiger partial charge on any atom is -0.310 e. The van der Waals surface area contributed by atoms with Crippen LogP contribution in [0.2, 0.25) is 5.02 Å². The predicted molar refractivity (Wildman–Crippen MR) is 51.3 cm³/mol. The van der Waals surface area contributed by atoms with Crippen LogP contribution in [-0.4, -0.2) is 6.54 Å². The minimum absolute atomic E-state index is 0.0943. The molecular formula is C10H10ClF2N. The number of benzene rings is 1. The van der Waals surface area contributed by atoms with Gasteiger partial charge < -0.3 is 5.32 Å². The molecule has 0 bridgehead atoms. The quantitative estimate of drug-likeness (QED) is 0.713. The second-order valence-corrected chi connectivity index (χ2v) is 3.85. The molecule has 1 nitrogen and oxygen atoms in total. The standard InChI is InChI=1S/C10H10ClF2N/c11-8-5-6(12)4-7(10(8)13)9-2-1-3-14-9/h4-5,9,14H,1-3H2. The van der Waals surface area contributed by atoms with Crippen LogP contribution in [0.4, 0.5) is 8.78 Å². The molecule has 1 heterocycles. The van der Waals surface area contributed by atoms with Gasteiger partial charge >= 0.3 is 0 Å². The van der Waals surface area contributed by atoms with Gasteiger partial charge in [-0.25, -0.2) is 8.78 Å². The average molecular weight is 218 g/mol. The van der Waals surface area contributed by atoms with Crippen molar-refractivity contribution < 1.29 is 8.78 Å². The lowest BCUT2D eigenvalue weighted by Crippen LogP contribution is -2.14. The maximum Gasteiger partial charge on any atom is 0.146 e. The highest BCUT2D eigenvalue weighted by Crippen LogP contribution is 2.29. The van der Waals surface area contributed by atoms with Crippen molar-refractivity contribution in [2.24, 2.45) is 0 Å². The molecule has 0 amide bonds. The average Bonchev–Trinajstić information content (AvgIpc) is 2.63.